The number of ether oxygens (including phenoxy) is 1. The minimum absolute atomic E-state index is 0.0757. The van der Waals surface area contributed by atoms with Crippen molar-refractivity contribution >= 4 is 16.7 Å². The summed E-state index contributed by atoms with van der Waals surface area (Å²) < 4.78 is 59.5. The number of nitrogens with zero attached hydrogens (tertiary/aromatic N) is 1. The Kier molecular flexibility index (Phi) is 6.21. The summed E-state index contributed by atoms with van der Waals surface area (Å²) >= 11 is 0. The van der Waals surface area contributed by atoms with E-state index >= 15 is 0 Å². The van der Waals surface area contributed by atoms with Crippen LogP contribution in [0.4, 0.5) is 13.2 Å². The normalized spacial score (nSPS) is 17.3. The first kappa shape index (κ1) is 20.6. The van der Waals surface area contributed by atoms with Gasteiger partial charge < -0.3 is 9.84 Å². The van der Waals surface area contributed by atoms with Crippen LogP contribution in [-0.4, -0.2) is 38.7 Å². The van der Waals surface area contributed by atoms with Gasteiger partial charge in [-0.1, -0.05) is 0 Å². The van der Waals surface area contributed by atoms with Crippen molar-refractivity contribution in [3.05, 3.63) is 29.8 Å². The lowest BCUT2D eigenvalue weighted by Crippen LogP contribution is -2.44. The number of halogens is 3. The smallest absolute Gasteiger partial charge is 0.417 e. The molecule has 0 amide bonds. The Morgan fingerprint density at radius 2 is 1.67 bits per heavy atom. The van der Waals surface area contributed by atoms with E-state index in [0.717, 1.165) is 0 Å². The number of aliphatic hydroxyl groups is 1. The van der Waals surface area contributed by atoms with E-state index in [2.05, 4.69) is 4.40 Å². The summed E-state index contributed by atoms with van der Waals surface area (Å²) in [5.41, 5.74) is -2.71. The molecular weight excluding hydrogens is 343 g/mol. The van der Waals surface area contributed by atoms with Crippen LogP contribution in [0.1, 0.15) is 39.7 Å². The standard InChI is InChI=1S/C16H22F3NO3S/c1-14(2,3)24(22)20-13(10-15(4,21)16(17,18)19)11-6-8-12(23-5)9-7-11/h6-9,21H,10H2,1-5H3/b20-13+/t15-,24?/m1/s1. The Bertz CT molecular complexity index is 617. The molecule has 4 nitrogen and oxygen atoms in total. The molecule has 0 radical (unpaired) electrons. The van der Waals surface area contributed by atoms with Crippen LogP contribution in [0.25, 0.3) is 0 Å². The van der Waals surface area contributed by atoms with Gasteiger partial charge in [0.15, 0.2) is 5.60 Å². The van der Waals surface area contributed by atoms with Crippen LogP contribution in [0.3, 0.4) is 0 Å². The molecule has 0 saturated carbocycles. The Morgan fingerprint density at radius 3 is 2.04 bits per heavy atom. The minimum Gasteiger partial charge on any atom is -0.497 e. The zero-order chi connectivity index (χ0) is 18.8. The maximum Gasteiger partial charge on any atom is 0.417 e. The Balaban J connectivity index is 3.31. The molecule has 136 valence electrons. The quantitative estimate of drug-likeness (QED) is 0.811. The average Bonchev–Trinajstić information content (AvgIpc) is 2.44. The molecular formula is C16H22F3NO3S. The van der Waals surface area contributed by atoms with Crippen molar-refractivity contribution in [3.63, 3.8) is 0 Å². The first-order valence-electron chi connectivity index (χ1n) is 7.21. The van der Waals surface area contributed by atoms with E-state index in [9.17, 15) is 22.5 Å². The van der Waals surface area contributed by atoms with Crippen LogP contribution in [0.15, 0.2) is 28.7 Å². The number of benzene rings is 1. The minimum atomic E-state index is -4.83. The van der Waals surface area contributed by atoms with E-state index in [1.165, 1.54) is 19.2 Å². The summed E-state index contributed by atoms with van der Waals surface area (Å²) in [6.07, 6.45) is -5.63. The van der Waals surface area contributed by atoms with Crippen molar-refractivity contribution in [3.8, 4) is 5.75 Å². The molecule has 24 heavy (non-hydrogen) atoms. The lowest BCUT2D eigenvalue weighted by molar-refractivity contribution is -0.249. The van der Waals surface area contributed by atoms with E-state index < -0.39 is 33.9 Å². The molecule has 1 unspecified atom stereocenters. The van der Waals surface area contributed by atoms with Gasteiger partial charge >= 0.3 is 6.18 Å². The predicted octanol–water partition coefficient (Wildman–Crippen LogP) is 3.65. The largest absolute Gasteiger partial charge is 0.497 e. The van der Waals surface area contributed by atoms with Crippen LogP contribution in [0, 0.1) is 0 Å². The van der Waals surface area contributed by atoms with Crippen LogP contribution in [-0.2, 0) is 11.0 Å². The van der Waals surface area contributed by atoms with Crippen LogP contribution in [0.5, 0.6) is 5.75 Å². The van der Waals surface area contributed by atoms with E-state index in [0.29, 0.717) is 18.2 Å². The molecule has 1 aromatic rings. The van der Waals surface area contributed by atoms with Gasteiger partial charge in [-0.05, 0) is 57.5 Å². The molecule has 0 aliphatic carbocycles. The van der Waals surface area contributed by atoms with E-state index in [4.69, 9.17) is 4.74 Å². The molecule has 8 heteroatoms. The van der Waals surface area contributed by atoms with Gasteiger partial charge in [-0.2, -0.15) is 17.6 Å². The zero-order valence-electron chi connectivity index (χ0n) is 14.3. The fourth-order valence-electron chi connectivity index (χ4n) is 1.63. The predicted molar refractivity (Wildman–Crippen MR) is 88.7 cm³/mol. The molecule has 0 fully saturated rings. The van der Waals surface area contributed by atoms with Gasteiger partial charge in [-0.3, -0.25) is 0 Å². The molecule has 2 atom stereocenters. The van der Waals surface area contributed by atoms with Gasteiger partial charge in [0.05, 0.1) is 17.6 Å². The average molecular weight is 365 g/mol. The number of methoxy groups -OCH3 is 1. The topological polar surface area (TPSA) is 58.9 Å². The van der Waals surface area contributed by atoms with Crippen molar-refractivity contribution in [1.82, 2.24) is 0 Å². The van der Waals surface area contributed by atoms with Gasteiger partial charge in [0, 0.05) is 6.42 Å². The van der Waals surface area contributed by atoms with E-state index in [1.807, 2.05) is 0 Å². The SMILES string of the molecule is COc1ccc(/C(C[C@@](C)(O)C(F)(F)F)=N/S(=O)C(C)(C)C)cc1. The Morgan fingerprint density at radius 1 is 1.17 bits per heavy atom. The molecule has 0 saturated heterocycles. The second-order valence-electron chi connectivity index (χ2n) is 6.58. The second-order valence-corrected chi connectivity index (χ2v) is 8.48. The number of hydrogen-bond donors (Lipinski definition) is 1. The highest BCUT2D eigenvalue weighted by Crippen LogP contribution is 2.34. The molecule has 0 aromatic heterocycles. The van der Waals surface area contributed by atoms with Crippen LogP contribution >= 0.6 is 0 Å². The van der Waals surface area contributed by atoms with Crippen molar-refractivity contribution in [2.45, 2.75) is 50.6 Å². The number of alkyl halides is 3. The van der Waals surface area contributed by atoms with Crippen molar-refractivity contribution in [2.24, 2.45) is 4.40 Å². The van der Waals surface area contributed by atoms with E-state index in [-0.39, 0.29) is 5.71 Å². The van der Waals surface area contributed by atoms with Crippen LogP contribution in [0.2, 0.25) is 0 Å². The third-order valence-electron chi connectivity index (χ3n) is 3.26. The molecule has 1 rings (SSSR count). The maximum absolute atomic E-state index is 13.0. The monoisotopic (exact) mass is 365 g/mol. The molecule has 0 heterocycles. The third kappa shape index (κ3) is 5.31. The van der Waals surface area contributed by atoms with E-state index in [1.54, 1.807) is 32.9 Å². The van der Waals surface area contributed by atoms with Crippen molar-refractivity contribution < 1.29 is 27.2 Å². The fourth-order valence-corrected chi connectivity index (χ4v) is 2.28. The highest BCUT2D eigenvalue weighted by molar-refractivity contribution is 7.85. The van der Waals surface area contributed by atoms with Gasteiger partial charge in [0.25, 0.3) is 0 Å². The van der Waals surface area contributed by atoms with Crippen molar-refractivity contribution in [2.75, 3.05) is 7.11 Å². The molecule has 1 aromatic carbocycles. The summed E-state index contributed by atoms with van der Waals surface area (Å²) in [4.78, 5) is 0. The first-order valence-corrected chi connectivity index (χ1v) is 8.32. The highest BCUT2D eigenvalue weighted by atomic mass is 32.2. The Hall–Kier alpha value is -1.41. The maximum atomic E-state index is 13.0. The summed E-state index contributed by atoms with van der Waals surface area (Å²) in [5, 5.41) is 9.77. The lowest BCUT2D eigenvalue weighted by atomic mass is 9.94. The van der Waals surface area contributed by atoms with Crippen LogP contribution < -0.4 is 4.74 Å². The van der Waals surface area contributed by atoms with Crippen molar-refractivity contribution in [1.29, 1.82) is 0 Å². The van der Waals surface area contributed by atoms with Gasteiger partial charge in [-0.15, -0.1) is 0 Å². The summed E-state index contributed by atoms with van der Waals surface area (Å²) in [7, 11) is -0.293. The zero-order valence-corrected chi connectivity index (χ0v) is 15.1. The lowest BCUT2D eigenvalue weighted by Gasteiger charge is -2.27. The molecule has 0 bridgehead atoms. The fraction of sp³-hybridized carbons (Fsp3) is 0.562. The van der Waals surface area contributed by atoms with Gasteiger partial charge in [0.2, 0.25) is 0 Å². The second kappa shape index (κ2) is 7.23. The van der Waals surface area contributed by atoms with Gasteiger partial charge in [0.1, 0.15) is 16.7 Å². The molecule has 1 N–H and O–H groups in total. The number of rotatable bonds is 5. The Labute approximate surface area is 142 Å². The molecule has 0 aliphatic heterocycles. The molecule has 0 aliphatic rings. The first-order chi connectivity index (χ1) is 10.8. The number of hydrogen-bond acceptors (Lipinski definition) is 3. The summed E-state index contributed by atoms with van der Waals surface area (Å²) in [6.45, 7) is 5.67. The van der Waals surface area contributed by atoms with Gasteiger partial charge in [-0.25, -0.2) is 4.21 Å². The molecule has 0 spiro atoms. The third-order valence-corrected chi connectivity index (χ3v) is 4.70. The highest BCUT2D eigenvalue weighted by Gasteiger charge is 2.50. The summed E-state index contributed by atoms with van der Waals surface area (Å²) in [6, 6.07) is 6.16. The summed E-state index contributed by atoms with van der Waals surface area (Å²) in [5.74, 6) is 0.526.